The quantitative estimate of drug-likeness (QED) is 0.359. The van der Waals surface area contributed by atoms with Gasteiger partial charge in [-0.05, 0) is 37.6 Å². The van der Waals surface area contributed by atoms with Crippen LogP contribution in [0.15, 0.2) is 58.5 Å². The summed E-state index contributed by atoms with van der Waals surface area (Å²) in [5.74, 6) is -0.0253. The Labute approximate surface area is 189 Å². The summed E-state index contributed by atoms with van der Waals surface area (Å²) in [6, 6.07) is 13.3. The Bertz CT molecular complexity index is 1270. The molecule has 1 amide bonds. The molecular weight excluding hydrogens is 426 g/mol. The predicted molar refractivity (Wildman–Crippen MR) is 126 cm³/mol. The van der Waals surface area contributed by atoms with E-state index in [2.05, 4.69) is 5.32 Å². The van der Waals surface area contributed by atoms with Crippen molar-refractivity contribution in [2.24, 2.45) is 0 Å². The number of ether oxygens (including phenoxy) is 2. The zero-order chi connectivity index (χ0) is 22.7. The highest BCUT2D eigenvalue weighted by molar-refractivity contribution is 7.15. The van der Waals surface area contributed by atoms with Crippen molar-refractivity contribution in [1.82, 2.24) is 0 Å². The van der Waals surface area contributed by atoms with Gasteiger partial charge in [-0.1, -0.05) is 29.8 Å². The molecule has 0 saturated carbocycles. The van der Waals surface area contributed by atoms with Crippen LogP contribution in [0.2, 0.25) is 0 Å². The fraction of sp³-hybridized carbons (Fsp3) is 0.200. The van der Waals surface area contributed by atoms with Crippen molar-refractivity contribution in [3.05, 3.63) is 70.8 Å². The molecule has 2 heterocycles. The summed E-state index contributed by atoms with van der Waals surface area (Å²) in [4.78, 5) is 25.6. The third-order valence-corrected chi connectivity index (χ3v) is 5.99. The van der Waals surface area contributed by atoms with E-state index >= 15 is 0 Å². The van der Waals surface area contributed by atoms with Crippen LogP contribution in [0.1, 0.15) is 28.4 Å². The molecule has 7 heteroatoms. The summed E-state index contributed by atoms with van der Waals surface area (Å²) in [5, 5.41) is 6.04. The summed E-state index contributed by atoms with van der Waals surface area (Å²) in [6.07, 6.45) is 1.67. The standard InChI is InChI=1S/C25H23NO5S/c1-4-30-25(28)23-20(16-7-5-15(2)6-8-16)14-32-24(23)26-22(27)11-17-13-31-21-10-9-18(29-3)12-19(17)21/h5-10,12-14H,4,11H2,1-3H3,(H,26,27). The van der Waals surface area contributed by atoms with Crippen molar-refractivity contribution in [3.8, 4) is 16.9 Å². The van der Waals surface area contributed by atoms with Crippen molar-refractivity contribution in [3.63, 3.8) is 0 Å². The number of carbonyl (C=O) groups is 2. The van der Waals surface area contributed by atoms with Crippen LogP contribution in [0.4, 0.5) is 5.00 Å². The number of fused-ring (bicyclic) bond motifs is 1. The van der Waals surface area contributed by atoms with E-state index in [0.717, 1.165) is 27.6 Å². The second-order valence-corrected chi connectivity index (χ2v) is 8.17. The summed E-state index contributed by atoms with van der Waals surface area (Å²) in [5.41, 5.74) is 4.54. The topological polar surface area (TPSA) is 77.8 Å². The number of hydrogen-bond donors (Lipinski definition) is 1. The SMILES string of the molecule is CCOC(=O)c1c(-c2ccc(C)cc2)csc1NC(=O)Cc1coc2ccc(OC)cc12. The van der Waals surface area contributed by atoms with Crippen molar-refractivity contribution < 1.29 is 23.5 Å². The number of esters is 1. The number of methoxy groups -OCH3 is 1. The van der Waals surface area contributed by atoms with E-state index < -0.39 is 5.97 Å². The average Bonchev–Trinajstić information content (AvgIpc) is 3.38. The van der Waals surface area contributed by atoms with Crippen molar-refractivity contribution in [2.45, 2.75) is 20.3 Å². The monoisotopic (exact) mass is 449 g/mol. The fourth-order valence-electron chi connectivity index (χ4n) is 3.47. The number of thiophene rings is 1. The molecule has 0 bridgehead atoms. The summed E-state index contributed by atoms with van der Waals surface area (Å²) in [7, 11) is 1.59. The number of rotatable bonds is 7. The zero-order valence-corrected chi connectivity index (χ0v) is 18.9. The summed E-state index contributed by atoms with van der Waals surface area (Å²) < 4.78 is 16.1. The van der Waals surface area contributed by atoms with Crippen LogP contribution < -0.4 is 10.1 Å². The van der Waals surface area contributed by atoms with Gasteiger partial charge in [0, 0.05) is 21.9 Å². The number of anilines is 1. The van der Waals surface area contributed by atoms with Crippen molar-refractivity contribution in [2.75, 3.05) is 19.0 Å². The van der Waals surface area contributed by atoms with Gasteiger partial charge in [-0.15, -0.1) is 11.3 Å². The molecule has 0 radical (unpaired) electrons. The van der Waals surface area contributed by atoms with Crippen LogP contribution in [0.5, 0.6) is 5.75 Å². The number of amides is 1. The first-order valence-corrected chi connectivity index (χ1v) is 11.1. The van der Waals surface area contributed by atoms with Gasteiger partial charge in [-0.25, -0.2) is 4.79 Å². The Morgan fingerprint density at radius 1 is 1.12 bits per heavy atom. The third kappa shape index (κ3) is 4.38. The number of hydrogen-bond acceptors (Lipinski definition) is 6. The molecule has 4 rings (SSSR count). The summed E-state index contributed by atoms with van der Waals surface area (Å²) >= 11 is 1.30. The molecule has 0 aliphatic heterocycles. The van der Waals surface area contributed by atoms with Gasteiger partial charge in [-0.3, -0.25) is 4.79 Å². The molecule has 1 N–H and O–H groups in total. The fourth-order valence-corrected chi connectivity index (χ4v) is 4.44. The lowest BCUT2D eigenvalue weighted by atomic mass is 10.0. The van der Waals surface area contributed by atoms with E-state index in [9.17, 15) is 9.59 Å². The maximum atomic E-state index is 12.9. The molecule has 0 aliphatic rings. The van der Waals surface area contributed by atoms with E-state index in [1.54, 1.807) is 26.4 Å². The zero-order valence-electron chi connectivity index (χ0n) is 18.1. The molecule has 6 nitrogen and oxygen atoms in total. The molecule has 0 spiro atoms. The van der Waals surface area contributed by atoms with Crippen LogP contribution in [-0.2, 0) is 16.0 Å². The third-order valence-electron chi connectivity index (χ3n) is 5.10. The molecule has 0 atom stereocenters. The van der Waals surface area contributed by atoms with Crippen LogP contribution in [-0.4, -0.2) is 25.6 Å². The van der Waals surface area contributed by atoms with Crippen molar-refractivity contribution >= 4 is 39.2 Å². The van der Waals surface area contributed by atoms with E-state index in [1.807, 2.05) is 48.7 Å². The highest BCUT2D eigenvalue weighted by Gasteiger charge is 2.23. The predicted octanol–water partition coefficient (Wildman–Crippen LogP) is 5.84. The van der Waals surface area contributed by atoms with Gasteiger partial charge in [0.15, 0.2) is 0 Å². The first kappa shape index (κ1) is 21.6. The number of benzene rings is 2. The van der Waals surface area contributed by atoms with E-state index in [1.165, 1.54) is 11.3 Å². The van der Waals surface area contributed by atoms with Gasteiger partial charge in [0.1, 0.15) is 21.9 Å². The van der Waals surface area contributed by atoms with Crippen LogP contribution >= 0.6 is 11.3 Å². The minimum atomic E-state index is -0.460. The second kappa shape index (κ2) is 9.28. The Kier molecular flexibility index (Phi) is 6.28. The minimum Gasteiger partial charge on any atom is -0.497 e. The smallest absolute Gasteiger partial charge is 0.341 e. The average molecular weight is 450 g/mol. The molecule has 2 aromatic heterocycles. The highest BCUT2D eigenvalue weighted by atomic mass is 32.1. The molecule has 32 heavy (non-hydrogen) atoms. The molecule has 0 saturated heterocycles. The largest absolute Gasteiger partial charge is 0.497 e. The lowest BCUT2D eigenvalue weighted by Gasteiger charge is -2.09. The Morgan fingerprint density at radius 3 is 2.62 bits per heavy atom. The van der Waals surface area contributed by atoms with Gasteiger partial charge in [0.05, 0.1) is 26.4 Å². The molecule has 0 fully saturated rings. The highest BCUT2D eigenvalue weighted by Crippen LogP contribution is 2.36. The Morgan fingerprint density at radius 2 is 1.91 bits per heavy atom. The number of nitrogens with one attached hydrogen (secondary N) is 1. The van der Waals surface area contributed by atoms with Crippen molar-refractivity contribution in [1.29, 1.82) is 0 Å². The molecule has 2 aromatic carbocycles. The van der Waals surface area contributed by atoms with Crippen LogP contribution in [0.3, 0.4) is 0 Å². The Balaban J connectivity index is 1.61. The first-order valence-electron chi connectivity index (χ1n) is 10.2. The van der Waals surface area contributed by atoms with Gasteiger partial charge in [0.25, 0.3) is 0 Å². The van der Waals surface area contributed by atoms with Gasteiger partial charge >= 0.3 is 5.97 Å². The molecule has 164 valence electrons. The number of aryl methyl sites for hydroxylation is 1. The Hall–Kier alpha value is -3.58. The maximum Gasteiger partial charge on any atom is 0.341 e. The first-order chi connectivity index (χ1) is 15.5. The molecular formula is C25H23NO5S. The second-order valence-electron chi connectivity index (χ2n) is 7.29. The van der Waals surface area contributed by atoms with Crippen LogP contribution in [0.25, 0.3) is 22.1 Å². The van der Waals surface area contributed by atoms with Gasteiger partial charge < -0.3 is 19.2 Å². The molecule has 4 aromatic rings. The minimum absolute atomic E-state index is 0.0974. The number of furan rings is 1. The normalized spacial score (nSPS) is 10.8. The lowest BCUT2D eigenvalue weighted by Crippen LogP contribution is -2.16. The van der Waals surface area contributed by atoms with E-state index in [-0.39, 0.29) is 18.9 Å². The van der Waals surface area contributed by atoms with E-state index in [0.29, 0.717) is 21.9 Å². The molecule has 0 aliphatic carbocycles. The maximum absolute atomic E-state index is 12.9. The lowest BCUT2D eigenvalue weighted by molar-refractivity contribution is -0.115. The molecule has 0 unspecified atom stereocenters. The van der Waals surface area contributed by atoms with Crippen LogP contribution in [0, 0.1) is 6.92 Å². The summed E-state index contributed by atoms with van der Waals surface area (Å²) in [6.45, 7) is 4.01. The number of carbonyl (C=O) groups excluding carboxylic acids is 2. The van der Waals surface area contributed by atoms with Gasteiger partial charge in [-0.2, -0.15) is 0 Å². The van der Waals surface area contributed by atoms with Gasteiger partial charge in [0.2, 0.25) is 5.91 Å². The van der Waals surface area contributed by atoms with E-state index in [4.69, 9.17) is 13.9 Å².